The van der Waals surface area contributed by atoms with E-state index in [0.717, 1.165) is 16.8 Å². The van der Waals surface area contributed by atoms with Gasteiger partial charge in [-0.15, -0.1) is 16.4 Å². The lowest BCUT2D eigenvalue weighted by Crippen LogP contribution is -2.15. The maximum atomic E-state index is 12.4. The molecule has 0 unspecified atom stereocenters. The zero-order valence-electron chi connectivity index (χ0n) is 18.3. The quantitative estimate of drug-likeness (QED) is 0.326. The van der Waals surface area contributed by atoms with Crippen LogP contribution in [0.3, 0.4) is 0 Å². The van der Waals surface area contributed by atoms with Crippen molar-refractivity contribution in [2.24, 2.45) is 0 Å². The van der Waals surface area contributed by atoms with E-state index in [1.807, 2.05) is 24.3 Å². The van der Waals surface area contributed by atoms with Gasteiger partial charge in [-0.25, -0.2) is 9.67 Å². The molecule has 35 heavy (non-hydrogen) atoms. The number of aromatic nitrogens is 5. The number of Topliss-reactive ketones (excluding diaryl/α,β-unsaturated/α-hetero) is 1. The van der Waals surface area contributed by atoms with Gasteiger partial charge in [-0.05, 0) is 48.5 Å². The van der Waals surface area contributed by atoms with Gasteiger partial charge in [0, 0.05) is 48.1 Å². The lowest BCUT2D eigenvalue weighted by molar-refractivity contribution is 0.0986. The molecule has 0 amide bonds. The van der Waals surface area contributed by atoms with Crippen molar-refractivity contribution in [1.82, 2.24) is 24.5 Å². The molecule has 0 radical (unpaired) electrons. The third-order valence-electron chi connectivity index (χ3n) is 5.42. The van der Waals surface area contributed by atoms with Crippen LogP contribution in [-0.4, -0.2) is 30.3 Å². The molecule has 0 bridgehead atoms. The van der Waals surface area contributed by atoms with Gasteiger partial charge in [0.15, 0.2) is 5.78 Å². The predicted octanol–water partition coefficient (Wildman–Crippen LogP) is 4.59. The number of aryl methyl sites for hydroxylation is 1. The van der Waals surface area contributed by atoms with E-state index < -0.39 is 0 Å². The first-order chi connectivity index (χ1) is 17.0. The summed E-state index contributed by atoms with van der Waals surface area (Å²) in [6, 6.07) is 17.7. The van der Waals surface area contributed by atoms with Gasteiger partial charge >= 0.3 is 0 Å². The molecule has 5 aromatic rings. The van der Waals surface area contributed by atoms with Gasteiger partial charge in [0.2, 0.25) is 0 Å². The number of benzene rings is 1. The van der Waals surface area contributed by atoms with Crippen LogP contribution in [0.2, 0.25) is 4.34 Å². The Morgan fingerprint density at radius 2 is 1.97 bits per heavy atom. The second kappa shape index (κ2) is 9.65. The van der Waals surface area contributed by atoms with E-state index in [9.17, 15) is 9.59 Å². The zero-order valence-corrected chi connectivity index (χ0v) is 19.9. The fourth-order valence-corrected chi connectivity index (χ4v) is 4.68. The summed E-state index contributed by atoms with van der Waals surface area (Å²) < 4.78 is 3.81. The molecule has 0 fully saturated rings. The highest BCUT2D eigenvalue weighted by Gasteiger charge is 2.14. The molecule has 0 spiro atoms. The number of halogens is 1. The fourth-order valence-electron chi connectivity index (χ4n) is 3.67. The fraction of sp³-hybridized carbons (Fsp3) is 0.0800. The van der Waals surface area contributed by atoms with Crippen molar-refractivity contribution in [3.8, 4) is 22.5 Å². The zero-order chi connectivity index (χ0) is 24.4. The van der Waals surface area contributed by atoms with Crippen molar-refractivity contribution in [2.45, 2.75) is 12.8 Å². The number of ketones is 1. The number of rotatable bonds is 7. The Kier molecular flexibility index (Phi) is 6.26. The molecular weight excluding hydrogens is 484 g/mol. The summed E-state index contributed by atoms with van der Waals surface area (Å²) in [5.41, 5.74) is 9.38. The van der Waals surface area contributed by atoms with E-state index in [0.29, 0.717) is 39.3 Å². The standard InChI is InChI=1S/C25H19ClN6O2S/c26-23-10-9-22(35-23)21(33)8-5-17-15-32(30-29-17)20-7-6-18(31-12-2-1-3-25(31)34)13-19(20)16-4-11-24(27)28-14-16/h1-4,6-7,9-15H,5,8H2,(H2,27,28). The number of anilines is 1. The van der Waals surface area contributed by atoms with Crippen LogP contribution in [0.5, 0.6) is 0 Å². The third-order valence-corrected chi connectivity index (χ3v) is 6.69. The summed E-state index contributed by atoms with van der Waals surface area (Å²) in [5, 5.41) is 8.54. The number of pyridine rings is 2. The molecule has 0 saturated carbocycles. The highest BCUT2D eigenvalue weighted by molar-refractivity contribution is 7.18. The van der Waals surface area contributed by atoms with E-state index in [2.05, 4.69) is 15.3 Å². The Hall–Kier alpha value is -4.08. The highest BCUT2D eigenvalue weighted by atomic mass is 35.5. The Morgan fingerprint density at radius 1 is 1.09 bits per heavy atom. The maximum absolute atomic E-state index is 12.4. The molecule has 0 aliphatic rings. The highest BCUT2D eigenvalue weighted by Crippen LogP contribution is 2.29. The minimum Gasteiger partial charge on any atom is -0.384 e. The van der Waals surface area contributed by atoms with Crippen molar-refractivity contribution in [1.29, 1.82) is 0 Å². The van der Waals surface area contributed by atoms with Crippen LogP contribution in [0.15, 0.2) is 84.0 Å². The molecule has 5 rings (SSSR count). The van der Waals surface area contributed by atoms with Crippen LogP contribution in [0.1, 0.15) is 21.8 Å². The minimum absolute atomic E-state index is 0.0164. The number of hydrogen-bond donors (Lipinski definition) is 1. The first-order valence-corrected chi connectivity index (χ1v) is 11.9. The molecule has 0 aliphatic heterocycles. The SMILES string of the molecule is Nc1ccc(-c2cc(-n3ccccc3=O)ccc2-n2cc(CCC(=O)c3ccc(Cl)s3)nn2)cn1. The summed E-state index contributed by atoms with van der Waals surface area (Å²) in [6.45, 7) is 0. The molecule has 0 aliphatic carbocycles. The number of nitrogens with two attached hydrogens (primary N) is 1. The van der Waals surface area contributed by atoms with Crippen molar-refractivity contribution in [3.05, 3.63) is 105 Å². The van der Waals surface area contributed by atoms with Gasteiger partial charge in [-0.1, -0.05) is 22.9 Å². The normalized spacial score (nSPS) is 11.0. The molecule has 4 aromatic heterocycles. The minimum atomic E-state index is -0.138. The van der Waals surface area contributed by atoms with Gasteiger partial charge in [0.1, 0.15) is 5.82 Å². The third kappa shape index (κ3) is 4.91. The van der Waals surface area contributed by atoms with E-state index in [-0.39, 0.29) is 11.3 Å². The van der Waals surface area contributed by atoms with Gasteiger partial charge < -0.3 is 5.73 Å². The number of carbonyl (C=O) groups is 1. The summed E-state index contributed by atoms with van der Waals surface area (Å²) in [4.78, 5) is 29.6. The first kappa shape index (κ1) is 22.7. The van der Waals surface area contributed by atoms with Crippen molar-refractivity contribution >= 4 is 34.5 Å². The average Bonchev–Trinajstić information content (AvgIpc) is 3.52. The van der Waals surface area contributed by atoms with Crippen LogP contribution in [0, 0.1) is 0 Å². The summed E-state index contributed by atoms with van der Waals surface area (Å²) in [7, 11) is 0. The Bertz CT molecular complexity index is 1570. The van der Waals surface area contributed by atoms with Crippen LogP contribution >= 0.6 is 22.9 Å². The molecule has 10 heteroatoms. The van der Waals surface area contributed by atoms with Gasteiger partial charge in [-0.3, -0.25) is 14.2 Å². The molecule has 1 aromatic carbocycles. The van der Waals surface area contributed by atoms with Crippen molar-refractivity contribution in [2.75, 3.05) is 5.73 Å². The van der Waals surface area contributed by atoms with Gasteiger partial charge in [-0.2, -0.15) is 0 Å². The van der Waals surface area contributed by atoms with Gasteiger partial charge in [0.05, 0.1) is 26.8 Å². The molecule has 0 saturated heterocycles. The maximum Gasteiger partial charge on any atom is 0.255 e. The van der Waals surface area contributed by atoms with Crippen LogP contribution < -0.4 is 11.3 Å². The van der Waals surface area contributed by atoms with Crippen molar-refractivity contribution < 1.29 is 4.79 Å². The average molecular weight is 503 g/mol. The van der Waals surface area contributed by atoms with E-state index in [4.69, 9.17) is 17.3 Å². The number of thiophene rings is 1. The largest absolute Gasteiger partial charge is 0.384 e. The van der Waals surface area contributed by atoms with Crippen LogP contribution in [0.25, 0.3) is 22.5 Å². The van der Waals surface area contributed by atoms with E-state index >= 15 is 0 Å². The van der Waals surface area contributed by atoms with E-state index in [1.165, 1.54) is 17.4 Å². The lowest BCUT2D eigenvalue weighted by atomic mass is 10.0. The molecule has 0 atom stereocenters. The summed E-state index contributed by atoms with van der Waals surface area (Å²) >= 11 is 7.21. The Balaban J connectivity index is 1.48. The topological polar surface area (TPSA) is 109 Å². The number of carbonyl (C=O) groups excluding carboxylic acids is 1. The van der Waals surface area contributed by atoms with Gasteiger partial charge in [0.25, 0.3) is 5.56 Å². The van der Waals surface area contributed by atoms with Crippen LogP contribution in [-0.2, 0) is 6.42 Å². The second-order valence-corrected chi connectivity index (χ2v) is 9.48. The monoisotopic (exact) mass is 502 g/mol. The Morgan fingerprint density at radius 3 is 2.71 bits per heavy atom. The molecule has 174 valence electrons. The second-order valence-electron chi connectivity index (χ2n) is 7.76. The number of nitrogen functional groups attached to an aromatic ring is 1. The predicted molar refractivity (Wildman–Crippen MR) is 137 cm³/mol. The number of nitrogens with zero attached hydrogens (tertiary/aromatic N) is 5. The first-order valence-electron chi connectivity index (χ1n) is 10.7. The lowest BCUT2D eigenvalue weighted by Gasteiger charge is -2.13. The molecule has 2 N–H and O–H groups in total. The van der Waals surface area contributed by atoms with Crippen LogP contribution in [0.4, 0.5) is 5.82 Å². The smallest absolute Gasteiger partial charge is 0.255 e. The van der Waals surface area contributed by atoms with E-state index in [1.54, 1.807) is 58.2 Å². The number of hydrogen-bond acceptors (Lipinski definition) is 7. The molecular formula is C25H19ClN6O2S. The molecule has 4 heterocycles. The molecule has 8 nitrogen and oxygen atoms in total. The summed E-state index contributed by atoms with van der Waals surface area (Å²) in [5.74, 6) is 0.424. The Labute approximate surface area is 209 Å². The van der Waals surface area contributed by atoms with Crippen molar-refractivity contribution in [3.63, 3.8) is 0 Å². The summed E-state index contributed by atoms with van der Waals surface area (Å²) in [6.07, 6.45) is 5.94.